The van der Waals surface area contributed by atoms with Crippen LogP contribution in [0.2, 0.25) is 0 Å². The highest BCUT2D eigenvalue weighted by Gasteiger charge is 2.25. The highest BCUT2D eigenvalue weighted by atomic mass is 32.2. The summed E-state index contributed by atoms with van der Waals surface area (Å²) in [6.07, 6.45) is 0.800. The van der Waals surface area contributed by atoms with Gasteiger partial charge < -0.3 is 9.80 Å². The molecule has 2 N–H and O–H groups in total. The lowest BCUT2D eigenvalue weighted by atomic mass is 10.1. The summed E-state index contributed by atoms with van der Waals surface area (Å²) in [6, 6.07) is 12.8. The second-order valence-electron chi connectivity index (χ2n) is 6.80. The molecular weight excluding hydrogens is 396 g/mol. The maximum absolute atomic E-state index is 12.5. The summed E-state index contributed by atoms with van der Waals surface area (Å²) in [5.74, 6) is 0.00253. The van der Waals surface area contributed by atoms with Crippen LogP contribution in [0, 0.1) is 10.1 Å². The molecule has 0 aliphatic carbocycles. The largest absolute Gasteiger partial charge is 0.362 e. The van der Waals surface area contributed by atoms with Gasteiger partial charge in [-0.3, -0.25) is 14.9 Å². The van der Waals surface area contributed by atoms with Crippen LogP contribution in [0.1, 0.15) is 12.0 Å². The van der Waals surface area contributed by atoms with Gasteiger partial charge in [0.2, 0.25) is 15.9 Å². The SMILES string of the molecule is NS(=O)(=O)c1ccc(CCC(=O)N2CCN(c3ccccc3[N+](=O)[O-])CC2)cc1. The third kappa shape index (κ3) is 5.09. The molecule has 9 nitrogen and oxygen atoms in total. The van der Waals surface area contributed by atoms with Crippen LogP contribution in [0.5, 0.6) is 0 Å². The number of sulfonamides is 1. The Balaban J connectivity index is 1.53. The molecule has 3 rings (SSSR count). The maximum Gasteiger partial charge on any atom is 0.292 e. The van der Waals surface area contributed by atoms with Gasteiger partial charge in [-0.05, 0) is 30.2 Å². The number of nitrogens with zero attached hydrogens (tertiary/aromatic N) is 3. The van der Waals surface area contributed by atoms with Crippen LogP contribution < -0.4 is 10.0 Å². The number of benzene rings is 2. The van der Waals surface area contributed by atoms with E-state index in [-0.39, 0.29) is 16.5 Å². The van der Waals surface area contributed by atoms with Crippen LogP contribution in [0.3, 0.4) is 0 Å². The average molecular weight is 418 g/mol. The fourth-order valence-corrected chi connectivity index (χ4v) is 3.85. The predicted octanol–water partition coefficient (Wildman–Crippen LogP) is 1.52. The second kappa shape index (κ2) is 8.58. The summed E-state index contributed by atoms with van der Waals surface area (Å²) in [5.41, 5.74) is 1.49. The zero-order valence-electron chi connectivity index (χ0n) is 15.7. The molecule has 0 bridgehead atoms. The van der Waals surface area contributed by atoms with Crippen molar-refractivity contribution in [2.45, 2.75) is 17.7 Å². The summed E-state index contributed by atoms with van der Waals surface area (Å²) >= 11 is 0. The molecule has 1 saturated heterocycles. The Morgan fingerprint density at radius 3 is 2.24 bits per heavy atom. The van der Waals surface area contributed by atoms with E-state index in [4.69, 9.17) is 5.14 Å². The van der Waals surface area contributed by atoms with E-state index in [0.29, 0.717) is 44.7 Å². The lowest BCUT2D eigenvalue weighted by molar-refractivity contribution is -0.384. The molecule has 1 amide bonds. The van der Waals surface area contributed by atoms with Crippen LogP contribution in [-0.2, 0) is 21.2 Å². The Kier molecular flexibility index (Phi) is 6.14. The number of nitrogens with two attached hydrogens (primary N) is 1. The average Bonchev–Trinajstić information content (AvgIpc) is 2.71. The van der Waals surface area contributed by atoms with E-state index in [2.05, 4.69) is 0 Å². The Labute approximate surface area is 168 Å². The fraction of sp³-hybridized carbons (Fsp3) is 0.316. The molecule has 2 aromatic carbocycles. The number of piperazine rings is 1. The number of para-hydroxylation sites is 2. The van der Waals surface area contributed by atoms with Gasteiger partial charge in [0, 0.05) is 38.7 Å². The molecule has 0 unspecified atom stereocenters. The van der Waals surface area contributed by atoms with Gasteiger partial charge in [-0.1, -0.05) is 24.3 Å². The Morgan fingerprint density at radius 2 is 1.66 bits per heavy atom. The van der Waals surface area contributed by atoms with Crippen molar-refractivity contribution >= 4 is 27.3 Å². The van der Waals surface area contributed by atoms with Crippen LogP contribution in [0.25, 0.3) is 0 Å². The summed E-state index contributed by atoms with van der Waals surface area (Å²) in [7, 11) is -3.73. The number of primary sulfonamides is 1. The number of hydrogen-bond donors (Lipinski definition) is 1. The van der Waals surface area contributed by atoms with Crippen LogP contribution in [-0.4, -0.2) is 50.3 Å². The number of carbonyl (C=O) groups excluding carboxylic acids is 1. The van der Waals surface area contributed by atoms with Gasteiger partial charge in [-0.2, -0.15) is 0 Å². The highest BCUT2D eigenvalue weighted by molar-refractivity contribution is 7.89. The van der Waals surface area contributed by atoms with Gasteiger partial charge in [0.05, 0.1) is 9.82 Å². The van der Waals surface area contributed by atoms with Crippen molar-refractivity contribution in [3.8, 4) is 0 Å². The molecule has 154 valence electrons. The van der Waals surface area contributed by atoms with Crippen molar-refractivity contribution in [1.29, 1.82) is 0 Å². The fourth-order valence-electron chi connectivity index (χ4n) is 3.34. The minimum Gasteiger partial charge on any atom is -0.362 e. The van der Waals surface area contributed by atoms with Crippen molar-refractivity contribution < 1.29 is 18.1 Å². The first-order valence-corrected chi connectivity index (χ1v) is 10.7. The summed E-state index contributed by atoms with van der Waals surface area (Å²) in [5, 5.41) is 16.3. The number of rotatable bonds is 6. The molecule has 29 heavy (non-hydrogen) atoms. The number of amides is 1. The van der Waals surface area contributed by atoms with Crippen molar-refractivity contribution in [2.24, 2.45) is 5.14 Å². The Bertz CT molecular complexity index is 1000. The zero-order valence-corrected chi connectivity index (χ0v) is 16.5. The van der Waals surface area contributed by atoms with Crippen LogP contribution in [0.15, 0.2) is 53.4 Å². The van der Waals surface area contributed by atoms with Gasteiger partial charge in [-0.25, -0.2) is 13.6 Å². The van der Waals surface area contributed by atoms with Crippen LogP contribution in [0.4, 0.5) is 11.4 Å². The summed E-state index contributed by atoms with van der Waals surface area (Å²) < 4.78 is 22.6. The molecule has 1 aliphatic rings. The zero-order chi connectivity index (χ0) is 21.0. The standard InChI is InChI=1S/C19H22N4O5S/c20-29(27,28)16-8-5-15(6-9-16)7-10-19(24)22-13-11-21(12-14-22)17-3-1-2-4-18(17)23(25)26/h1-6,8-9H,7,10-14H2,(H2,20,27,28). The quantitative estimate of drug-likeness (QED) is 0.560. The number of nitro benzene ring substituents is 1. The van der Waals surface area contributed by atoms with Crippen molar-refractivity contribution in [2.75, 3.05) is 31.1 Å². The van der Waals surface area contributed by atoms with E-state index in [9.17, 15) is 23.3 Å². The minimum atomic E-state index is -3.73. The van der Waals surface area contributed by atoms with Gasteiger partial charge >= 0.3 is 0 Å². The normalized spacial score (nSPS) is 14.7. The van der Waals surface area contributed by atoms with E-state index >= 15 is 0 Å². The lowest BCUT2D eigenvalue weighted by Gasteiger charge is -2.35. The van der Waals surface area contributed by atoms with Gasteiger partial charge in [0.15, 0.2) is 0 Å². The number of nitro groups is 1. The smallest absolute Gasteiger partial charge is 0.292 e. The number of carbonyl (C=O) groups is 1. The van der Waals surface area contributed by atoms with E-state index in [0.717, 1.165) is 5.56 Å². The first kappa shape index (κ1) is 20.7. The summed E-state index contributed by atoms with van der Waals surface area (Å²) in [4.78, 5) is 27.0. The lowest BCUT2D eigenvalue weighted by Crippen LogP contribution is -2.49. The number of anilines is 1. The van der Waals surface area contributed by atoms with E-state index in [1.165, 1.54) is 18.2 Å². The topological polar surface area (TPSA) is 127 Å². The van der Waals surface area contributed by atoms with E-state index in [1.54, 1.807) is 35.2 Å². The predicted molar refractivity (Wildman–Crippen MR) is 108 cm³/mol. The molecule has 1 aliphatic heterocycles. The van der Waals surface area contributed by atoms with Gasteiger partial charge in [0.1, 0.15) is 5.69 Å². The first-order valence-electron chi connectivity index (χ1n) is 9.13. The maximum atomic E-state index is 12.5. The Morgan fingerprint density at radius 1 is 1.03 bits per heavy atom. The first-order chi connectivity index (χ1) is 13.8. The third-order valence-electron chi connectivity index (χ3n) is 4.93. The van der Waals surface area contributed by atoms with Crippen molar-refractivity contribution in [1.82, 2.24) is 4.90 Å². The van der Waals surface area contributed by atoms with Crippen LogP contribution >= 0.6 is 0 Å². The molecule has 2 aromatic rings. The van der Waals surface area contributed by atoms with Crippen molar-refractivity contribution in [3.63, 3.8) is 0 Å². The molecule has 10 heteroatoms. The molecule has 0 saturated carbocycles. The molecule has 1 fully saturated rings. The van der Waals surface area contributed by atoms with Crippen molar-refractivity contribution in [3.05, 3.63) is 64.2 Å². The van der Waals surface area contributed by atoms with Gasteiger partial charge in [-0.15, -0.1) is 0 Å². The van der Waals surface area contributed by atoms with E-state index < -0.39 is 14.9 Å². The monoisotopic (exact) mass is 418 g/mol. The second-order valence-corrected chi connectivity index (χ2v) is 8.36. The molecule has 0 aromatic heterocycles. The third-order valence-corrected chi connectivity index (χ3v) is 5.86. The number of hydrogen-bond acceptors (Lipinski definition) is 6. The van der Waals surface area contributed by atoms with Gasteiger partial charge in [0.25, 0.3) is 5.69 Å². The number of aryl methyl sites for hydroxylation is 1. The summed E-state index contributed by atoms with van der Waals surface area (Å²) in [6.45, 7) is 2.05. The molecule has 1 heterocycles. The Hall–Kier alpha value is -2.98. The van der Waals surface area contributed by atoms with E-state index in [1.807, 2.05) is 4.90 Å². The molecule has 0 atom stereocenters. The minimum absolute atomic E-state index is 0.00253. The molecule has 0 radical (unpaired) electrons. The molecule has 0 spiro atoms. The highest BCUT2D eigenvalue weighted by Crippen LogP contribution is 2.28. The molecular formula is C19H22N4O5S.